The molecule has 0 atom stereocenters. The van der Waals surface area contributed by atoms with Crippen LogP contribution in [0.3, 0.4) is 0 Å². The van der Waals surface area contributed by atoms with E-state index in [0.717, 1.165) is 25.9 Å². The maximum atomic E-state index is 11.6. The number of hydrogen-bond acceptors (Lipinski definition) is 4. The molecule has 19 heavy (non-hydrogen) atoms. The zero-order valence-corrected chi connectivity index (χ0v) is 12.2. The molecule has 0 saturated carbocycles. The molecule has 0 spiro atoms. The molecule has 0 bridgehead atoms. The van der Waals surface area contributed by atoms with Crippen molar-refractivity contribution in [3.05, 3.63) is 0 Å². The largest absolute Gasteiger partial charge is 0.388 e. The summed E-state index contributed by atoms with van der Waals surface area (Å²) >= 11 is 0. The highest BCUT2D eigenvalue weighted by atomic mass is 16.5. The van der Waals surface area contributed by atoms with Crippen LogP contribution in [-0.2, 0) is 9.53 Å². The normalized spacial score (nSPS) is 17.4. The van der Waals surface area contributed by atoms with Crippen molar-refractivity contribution in [2.45, 2.75) is 57.7 Å². The van der Waals surface area contributed by atoms with Crippen LogP contribution in [0.4, 0.5) is 0 Å². The molecule has 1 aliphatic heterocycles. The lowest BCUT2D eigenvalue weighted by Crippen LogP contribution is -2.42. The van der Waals surface area contributed by atoms with E-state index in [9.17, 15) is 9.90 Å². The summed E-state index contributed by atoms with van der Waals surface area (Å²) in [5.74, 6) is -0.0470. The molecule has 1 fully saturated rings. The molecule has 112 valence electrons. The average molecular weight is 272 g/mol. The van der Waals surface area contributed by atoms with E-state index in [1.54, 1.807) is 0 Å². The van der Waals surface area contributed by atoms with Crippen LogP contribution in [-0.4, -0.2) is 49.0 Å². The minimum Gasteiger partial charge on any atom is -0.388 e. The van der Waals surface area contributed by atoms with E-state index >= 15 is 0 Å². The minimum atomic E-state index is -0.772. The molecule has 5 nitrogen and oxygen atoms in total. The van der Waals surface area contributed by atoms with E-state index in [1.165, 1.54) is 0 Å². The van der Waals surface area contributed by atoms with Gasteiger partial charge in [0.2, 0.25) is 5.91 Å². The molecular formula is C14H28N2O3. The monoisotopic (exact) mass is 272 g/mol. The maximum Gasteiger partial charge on any atom is 0.222 e. The minimum absolute atomic E-state index is 0.0470. The van der Waals surface area contributed by atoms with Gasteiger partial charge in [-0.2, -0.15) is 0 Å². The van der Waals surface area contributed by atoms with Crippen LogP contribution < -0.4 is 10.6 Å². The van der Waals surface area contributed by atoms with E-state index in [0.29, 0.717) is 32.4 Å². The molecule has 1 aliphatic rings. The Morgan fingerprint density at radius 2 is 2.00 bits per heavy atom. The van der Waals surface area contributed by atoms with Crippen LogP contribution in [0.1, 0.15) is 46.0 Å². The fraction of sp³-hybridized carbons (Fsp3) is 0.929. The number of amides is 1. The van der Waals surface area contributed by atoms with Crippen LogP contribution in [0.15, 0.2) is 0 Å². The number of ether oxygens (including phenoxy) is 1. The lowest BCUT2D eigenvalue weighted by molar-refractivity contribution is -0.124. The Balaban J connectivity index is 2.10. The summed E-state index contributed by atoms with van der Waals surface area (Å²) in [4.78, 5) is 11.6. The Morgan fingerprint density at radius 1 is 1.37 bits per heavy atom. The summed E-state index contributed by atoms with van der Waals surface area (Å²) in [5, 5.41) is 16.1. The first kappa shape index (κ1) is 16.4. The topological polar surface area (TPSA) is 70.6 Å². The first-order valence-corrected chi connectivity index (χ1v) is 7.41. The van der Waals surface area contributed by atoms with Crippen molar-refractivity contribution < 1.29 is 14.6 Å². The number of nitrogens with one attached hydrogen (secondary N) is 2. The molecule has 0 aromatic heterocycles. The summed E-state index contributed by atoms with van der Waals surface area (Å²) in [6.07, 6.45) is 4.00. The molecule has 0 aromatic rings. The van der Waals surface area contributed by atoms with Gasteiger partial charge in [-0.05, 0) is 38.8 Å². The lowest BCUT2D eigenvalue weighted by atomic mass is 9.97. The number of carbonyl (C=O) groups is 1. The third-order valence-corrected chi connectivity index (χ3v) is 3.90. The Labute approximate surface area is 116 Å². The average Bonchev–Trinajstić information content (AvgIpc) is 2.46. The molecule has 1 saturated heterocycles. The van der Waals surface area contributed by atoms with Gasteiger partial charge in [-0.25, -0.2) is 0 Å². The number of rotatable bonds is 8. The summed E-state index contributed by atoms with van der Waals surface area (Å²) in [5.41, 5.74) is -0.772. The Morgan fingerprint density at radius 3 is 2.58 bits per heavy atom. The third kappa shape index (κ3) is 6.36. The van der Waals surface area contributed by atoms with Gasteiger partial charge in [0.25, 0.3) is 0 Å². The predicted octanol–water partition coefficient (Wildman–Crippen LogP) is 0.812. The van der Waals surface area contributed by atoms with Gasteiger partial charge < -0.3 is 20.5 Å². The second-order valence-electron chi connectivity index (χ2n) is 5.28. The maximum absolute atomic E-state index is 11.6. The molecule has 3 N–H and O–H groups in total. The van der Waals surface area contributed by atoms with Crippen LogP contribution in [0, 0.1) is 0 Å². The third-order valence-electron chi connectivity index (χ3n) is 3.90. The highest BCUT2D eigenvalue weighted by molar-refractivity contribution is 5.76. The standard InChI is InChI=1S/C14H28N2O3/c1-3-14(18,4-2)11-16-13(17)7-10-19-12-5-8-15-9-6-12/h12,15,18H,3-11H2,1-2H3,(H,16,17). The van der Waals surface area contributed by atoms with E-state index in [2.05, 4.69) is 10.6 Å². The quantitative estimate of drug-likeness (QED) is 0.611. The van der Waals surface area contributed by atoms with E-state index < -0.39 is 5.60 Å². The molecule has 0 radical (unpaired) electrons. The van der Waals surface area contributed by atoms with Gasteiger partial charge in [-0.15, -0.1) is 0 Å². The summed E-state index contributed by atoms with van der Waals surface area (Å²) in [6.45, 7) is 6.64. The van der Waals surface area contributed by atoms with Gasteiger partial charge >= 0.3 is 0 Å². The van der Waals surface area contributed by atoms with Crippen molar-refractivity contribution in [2.24, 2.45) is 0 Å². The molecule has 0 aromatic carbocycles. The van der Waals surface area contributed by atoms with Crippen molar-refractivity contribution in [3.8, 4) is 0 Å². The predicted molar refractivity (Wildman–Crippen MR) is 75.0 cm³/mol. The van der Waals surface area contributed by atoms with Crippen LogP contribution >= 0.6 is 0 Å². The molecule has 1 amide bonds. The van der Waals surface area contributed by atoms with Crippen LogP contribution in [0.5, 0.6) is 0 Å². The van der Waals surface area contributed by atoms with Gasteiger partial charge in [0.1, 0.15) is 0 Å². The zero-order valence-electron chi connectivity index (χ0n) is 12.2. The van der Waals surface area contributed by atoms with Gasteiger partial charge in [-0.3, -0.25) is 4.79 Å². The van der Waals surface area contributed by atoms with E-state index in [4.69, 9.17) is 4.74 Å². The SMILES string of the molecule is CCC(O)(CC)CNC(=O)CCOC1CCNCC1. The summed E-state index contributed by atoms with van der Waals surface area (Å²) in [6, 6.07) is 0. The van der Waals surface area contributed by atoms with Crippen molar-refractivity contribution in [1.29, 1.82) is 0 Å². The highest BCUT2D eigenvalue weighted by Gasteiger charge is 2.22. The van der Waals surface area contributed by atoms with Gasteiger partial charge in [0.05, 0.1) is 18.3 Å². The molecule has 0 unspecified atom stereocenters. The second-order valence-corrected chi connectivity index (χ2v) is 5.28. The highest BCUT2D eigenvalue weighted by Crippen LogP contribution is 2.13. The zero-order chi connectivity index (χ0) is 14.1. The fourth-order valence-corrected chi connectivity index (χ4v) is 2.13. The molecular weight excluding hydrogens is 244 g/mol. The van der Waals surface area contributed by atoms with Crippen LogP contribution in [0.2, 0.25) is 0 Å². The van der Waals surface area contributed by atoms with Crippen molar-refractivity contribution in [3.63, 3.8) is 0 Å². The van der Waals surface area contributed by atoms with Crippen molar-refractivity contribution in [1.82, 2.24) is 10.6 Å². The van der Waals surface area contributed by atoms with Crippen LogP contribution in [0.25, 0.3) is 0 Å². The first-order valence-electron chi connectivity index (χ1n) is 7.41. The summed E-state index contributed by atoms with van der Waals surface area (Å²) < 4.78 is 5.67. The number of carbonyl (C=O) groups excluding carboxylic acids is 1. The smallest absolute Gasteiger partial charge is 0.222 e. The molecule has 5 heteroatoms. The fourth-order valence-electron chi connectivity index (χ4n) is 2.13. The lowest BCUT2D eigenvalue weighted by Gasteiger charge is -2.25. The Hall–Kier alpha value is -0.650. The number of hydrogen-bond donors (Lipinski definition) is 3. The van der Waals surface area contributed by atoms with E-state index in [-0.39, 0.29) is 12.0 Å². The molecule has 1 rings (SSSR count). The van der Waals surface area contributed by atoms with Gasteiger partial charge in [0.15, 0.2) is 0 Å². The molecule has 1 heterocycles. The number of piperidine rings is 1. The first-order chi connectivity index (χ1) is 9.09. The Kier molecular flexibility index (Phi) is 7.34. The summed E-state index contributed by atoms with van der Waals surface area (Å²) in [7, 11) is 0. The number of aliphatic hydroxyl groups is 1. The van der Waals surface area contributed by atoms with Gasteiger partial charge in [-0.1, -0.05) is 13.8 Å². The second kappa shape index (κ2) is 8.51. The Bertz CT molecular complexity index is 261. The van der Waals surface area contributed by atoms with E-state index in [1.807, 2.05) is 13.8 Å². The van der Waals surface area contributed by atoms with Gasteiger partial charge in [0, 0.05) is 13.0 Å². The van der Waals surface area contributed by atoms with Crippen molar-refractivity contribution >= 4 is 5.91 Å². The molecule has 0 aliphatic carbocycles. The van der Waals surface area contributed by atoms with Crippen molar-refractivity contribution in [2.75, 3.05) is 26.2 Å².